The molecule has 98 heavy (non-hydrogen) atoms. The van der Waals surface area contributed by atoms with Crippen molar-refractivity contribution in [3.05, 3.63) is 122 Å². The van der Waals surface area contributed by atoms with Crippen LogP contribution in [0, 0.1) is 0 Å². The predicted molar refractivity (Wildman–Crippen MR) is 399 cm³/mol. The van der Waals surface area contributed by atoms with Gasteiger partial charge in [-0.2, -0.15) is 0 Å². The van der Waals surface area contributed by atoms with Crippen molar-refractivity contribution in [2.24, 2.45) is 0 Å². The third-order valence-corrected chi connectivity index (χ3v) is 17.3. The number of allylic oxidation sites excluding steroid dienone is 20. The van der Waals surface area contributed by atoms with E-state index in [0.29, 0.717) is 32.1 Å². The van der Waals surface area contributed by atoms with Gasteiger partial charge >= 0.3 is 39.5 Å². The number of hydrogen-bond donors (Lipinski definition) is 3. The molecule has 5 atom stereocenters. The first kappa shape index (κ1) is 93.5. The molecule has 3 N–H and O–H groups in total. The topological polar surface area (TPSA) is 237 Å². The van der Waals surface area contributed by atoms with E-state index < -0.39 is 97.5 Å². The number of phosphoric acid groups is 2. The largest absolute Gasteiger partial charge is 0.472 e. The Labute approximate surface area is 593 Å². The summed E-state index contributed by atoms with van der Waals surface area (Å²) < 4.78 is 68.3. The smallest absolute Gasteiger partial charge is 0.462 e. The van der Waals surface area contributed by atoms with Crippen LogP contribution in [-0.4, -0.2) is 96.7 Å². The van der Waals surface area contributed by atoms with Crippen LogP contribution in [0.3, 0.4) is 0 Å². The molecular formula is C79H134O17P2. The molecular weight excluding hydrogens is 1280 g/mol. The fraction of sp³-hybridized carbons (Fsp3) is 0.696. The molecule has 0 aromatic carbocycles. The van der Waals surface area contributed by atoms with Crippen molar-refractivity contribution >= 4 is 39.5 Å². The summed E-state index contributed by atoms with van der Waals surface area (Å²) in [6, 6.07) is 0. The molecule has 0 saturated carbocycles. The van der Waals surface area contributed by atoms with Gasteiger partial charge in [-0.05, 0) is 122 Å². The molecule has 0 bridgehead atoms. The summed E-state index contributed by atoms with van der Waals surface area (Å²) in [4.78, 5) is 72.7. The van der Waals surface area contributed by atoms with Crippen molar-refractivity contribution in [2.45, 2.75) is 316 Å². The van der Waals surface area contributed by atoms with Crippen LogP contribution >= 0.6 is 15.6 Å². The lowest BCUT2D eigenvalue weighted by atomic mass is 10.1. The number of carbonyl (C=O) groups excluding carboxylic acids is 4. The number of esters is 4. The summed E-state index contributed by atoms with van der Waals surface area (Å²) in [5.41, 5.74) is 0. The number of rotatable bonds is 70. The SMILES string of the molecule is CC/C=C\C/C=C\C/C=C\C/C=C\C/C=C\C/C=C\CCC(=O)OCC(COP(=O)(O)OCC(O)COP(=O)(O)OCC(COC(=O)CCCCCCC/C=C\CCCCCC)OC(=O)CCCCCCCCCCCCC)OC(=O)CCCCCCC/C=C\C/C=C\C/C=C\CC. The minimum absolute atomic E-state index is 0.0299. The van der Waals surface area contributed by atoms with Crippen molar-refractivity contribution in [1.82, 2.24) is 0 Å². The number of aliphatic hydroxyl groups is 1. The molecule has 0 rings (SSSR count). The van der Waals surface area contributed by atoms with Crippen LogP contribution in [0.25, 0.3) is 0 Å². The number of hydrogen-bond acceptors (Lipinski definition) is 15. The minimum Gasteiger partial charge on any atom is -0.462 e. The predicted octanol–water partition coefficient (Wildman–Crippen LogP) is 21.6. The Morgan fingerprint density at radius 1 is 0.296 bits per heavy atom. The van der Waals surface area contributed by atoms with Crippen LogP contribution in [0.15, 0.2) is 122 Å². The Kier molecular flexibility index (Phi) is 67.6. The number of ether oxygens (including phenoxy) is 4. The van der Waals surface area contributed by atoms with Gasteiger partial charge in [0.2, 0.25) is 0 Å². The standard InChI is InChI=1S/C79H134O17P2/c1-5-9-13-17-21-25-29-32-34-35-36-37-39-41-45-48-52-56-60-64-77(82)90-70-75(96-79(84)66-62-58-54-50-46-42-38-33-30-26-22-18-14-10-6-2)72-94-98(87,88)92-68-73(80)67-91-97(85,86)93-71-74(95-78(83)65-61-57-53-49-43-28-24-20-16-12-8-4)69-89-76(81)63-59-55-51-47-44-40-31-27-23-19-15-11-7-3/h9-10,13-14,21-22,25-27,31-34,36-38,41,45,52,56,73-75,80H,5-8,11-12,15-20,23-24,28-30,35,39-40,42-44,46-51,53-55,57-72H2,1-4H3,(H,85,86)(H,87,88)/b13-9-,14-10-,25-21-,26-22-,31-27-,34-32-,37-36-,38-33-,45-41-,56-52-. The van der Waals surface area contributed by atoms with E-state index in [1.54, 1.807) is 0 Å². The van der Waals surface area contributed by atoms with Crippen molar-refractivity contribution in [2.75, 3.05) is 39.6 Å². The molecule has 0 amide bonds. The summed E-state index contributed by atoms with van der Waals surface area (Å²) in [5.74, 6) is -2.30. The summed E-state index contributed by atoms with van der Waals surface area (Å²) in [6.45, 7) is 4.51. The third kappa shape index (κ3) is 69.9. The highest BCUT2D eigenvalue weighted by Crippen LogP contribution is 2.45. The lowest BCUT2D eigenvalue weighted by Crippen LogP contribution is -2.30. The fourth-order valence-electron chi connectivity index (χ4n) is 9.73. The molecule has 0 radical (unpaired) electrons. The van der Waals surface area contributed by atoms with Gasteiger partial charge < -0.3 is 33.8 Å². The van der Waals surface area contributed by atoms with E-state index in [2.05, 4.69) is 131 Å². The maximum atomic E-state index is 13.1. The summed E-state index contributed by atoms with van der Waals surface area (Å²) in [7, 11) is -9.97. The summed E-state index contributed by atoms with van der Waals surface area (Å²) in [6.07, 6.45) is 76.4. The first-order valence-electron chi connectivity index (χ1n) is 37.8. The highest BCUT2D eigenvalue weighted by atomic mass is 31.2. The zero-order valence-corrected chi connectivity index (χ0v) is 63.0. The summed E-state index contributed by atoms with van der Waals surface area (Å²) in [5, 5.41) is 10.6. The second-order valence-corrected chi connectivity index (χ2v) is 27.7. The third-order valence-electron chi connectivity index (χ3n) is 15.4. The van der Waals surface area contributed by atoms with E-state index in [9.17, 15) is 43.2 Å². The van der Waals surface area contributed by atoms with Crippen molar-refractivity contribution in [1.29, 1.82) is 0 Å². The molecule has 17 nitrogen and oxygen atoms in total. The molecule has 0 aromatic rings. The van der Waals surface area contributed by atoms with E-state index in [0.717, 1.165) is 148 Å². The van der Waals surface area contributed by atoms with Gasteiger partial charge in [-0.15, -0.1) is 0 Å². The van der Waals surface area contributed by atoms with Crippen LogP contribution in [0.1, 0.15) is 297 Å². The van der Waals surface area contributed by atoms with Crippen LogP contribution in [0.2, 0.25) is 0 Å². The highest BCUT2D eigenvalue weighted by Gasteiger charge is 2.30. The number of aliphatic hydroxyl groups excluding tert-OH is 1. The lowest BCUT2D eigenvalue weighted by Gasteiger charge is -2.21. The zero-order chi connectivity index (χ0) is 71.8. The average molecular weight is 1420 g/mol. The van der Waals surface area contributed by atoms with E-state index in [4.69, 9.17) is 37.0 Å². The molecule has 0 heterocycles. The van der Waals surface area contributed by atoms with Gasteiger partial charge in [0.15, 0.2) is 12.2 Å². The zero-order valence-electron chi connectivity index (χ0n) is 61.2. The molecule has 5 unspecified atom stereocenters. The van der Waals surface area contributed by atoms with Crippen LogP contribution in [-0.2, 0) is 65.4 Å². The number of carbonyl (C=O) groups is 4. The van der Waals surface area contributed by atoms with Crippen molar-refractivity contribution in [3.8, 4) is 0 Å². The van der Waals surface area contributed by atoms with Crippen molar-refractivity contribution in [3.63, 3.8) is 0 Å². The van der Waals surface area contributed by atoms with E-state index in [1.807, 2.05) is 18.2 Å². The van der Waals surface area contributed by atoms with Crippen molar-refractivity contribution < 1.29 is 80.2 Å². The normalized spacial score (nSPS) is 14.6. The maximum Gasteiger partial charge on any atom is 0.472 e. The monoisotopic (exact) mass is 1420 g/mol. The van der Waals surface area contributed by atoms with Gasteiger partial charge in [-0.1, -0.05) is 271 Å². The second kappa shape index (κ2) is 70.9. The molecule has 0 aromatic heterocycles. The molecule has 0 saturated heterocycles. The van der Waals surface area contributed by atoms with Gasteiger partial charge in [0.05, 0.1) is 26.4 Å². The molecule has 0 aliphatic heterocycles. The summed E-state index contributed by atoms with van der Waals surface area (Å²) >= 11 is 0. The van der Waals surface area contributed by atoms with Crippen LogP contribution in [0.4, 0.5) is 0 Å². The average Bonchev–Trinajstić information content (AvgIpc) is 0.992. The maximum absolute atomic E-state index is 13.1. The molecule has 0 aliphatic carbocycles. The Morgan fingerprint density at radius 3 is 0.898 bits per heavy atom. The second-order valence-electron chi connectivity index (χ2n) is 24.8. The number of phosphoric ester groups is 2. The van der Waals surface area contributed by atoms with Crippen LogP contribution < -0.4 is 0 Å². The first-order chi connectivity index (χ1) is 47.7. The van der Waals surface area contributed by atoms with Gasteiger partial charge in [-0.3, -0.25) is 37.3 Å². The Bertz CT molecular complexity index is 2340. The number of unbranched alkanes of at least 4 members (excludes halogenated alkanes) is 24. The lowest BCUT2D eigenvalue weighted by molar-refractivity contribution is -0.161. The Hall–Kier alpha value is -4.54. The van der Waals surface area contributed by atoms with Gasteiger partial charge in [-0.25, -0.2) is 9.13 Å². The highest BCUT2D eigenvalue weighted by molar-refractivity contribution is 7.47. The molecule has 562 valence electrons. The molecule has 0 aliphatic rings. The van der Waals surface area contributed by atoms with E-state index in [-0.39, 0.29) is 25.7 Å². The van der Waals surface area contributed by atoms with Gasteiger partial charge in [0.25, 0.3) is 0 Å². The quantitative estimate of drug-likeness (QED) is 0.0169. The first-order valence-corrected chi connectivity index (χ1v) is 40.8. The Balaban J connectivity index is 5.41. The van der Waals surface area contributed by atoms with E-state index >= 15 is 0 Å². The Morgan fingerprint density at radius 2 is 0.551 bits per heavy atom. The molecule has 0 spiro atoms. The molecule has 0 fully saturated rings. The van der Waals surface area contributed by atoms with Gasteiger partial charge in [0.1, 0.15) is 19.3 Å². The van der Waals surface area contributed by atoms with E-state index in [1.165, 1.54) is 64.2 Å². The minimum atomic E-state index is -5.00. The van der Waals surface area contributed by atoms with Gasteiger partial charge in [0, 0.05) is 25.7 Å². The molecule has 19 heteroatoms. The van der Waals surface area contributed by atoms with Crippen LogP contribution in [0.5, 0.6) is 0 Å². The fourth-order valence-corrected chi connectivity index (χ4v) is 11.3.